The Kier molecular flexibility index (Phi) is 5.39. The topological polar surface area (TPSA) is 35.0 Å². The predicted octanol–water partition coefficient (Wildman–Crippen LogP) is 4.13. The molecule has 1 aliphatic carbocycles. The van der Waals surface area contributed by atoms with Gasteiger partial charge in [-0.25, -0.2) is 9.97 Å². The average Bonchev–Trinajstić information content (AvgIpc) is 2.87. The lowest BCUT2D eigenvalue weighted by atomic mass is 10.0. The van der Waals surface area contributed by atoms with Crippen molar-refractivity contribution in [3.05, 3.63) is 21.1 Å². The summed E-state index contributed by atoms with van der Waals surface area (Å²) in [6.45, 7) is 3.36. The van der Waals surface area contributed by atoms with Crippen LogP contribution in [-0.2, 0) is 11.2 Å². The molecule has 1 fully saturated rings. The minimum absolute atomic E-state index is 0.526. The lowest BCUT2D eigenvalue weighted by molar-refractivity contribution is 0.149. The van der Waals surface area contributed by atoms with Crippen molar-refractivity contribution in [2.24, 2.45) is 0 Å². The fraction of sp³-hybridized carbons (Fsp3) is 0.692. The van der Waals surface area contributed by atoms with E-state index in [1.54, 1.807) is 0 Å². The van der Waals surface area contributed by atoms with Crippen molar-refractivity contribution in [1.82, 2.24) is 9.97 Å². The van der Waals surface area contributed by atoms with Crippen LogP contribution in [0.3, 0.4) is 0 Å². The highest BCUT2D eigenvalue weighted by atomic mass is 79.9. The highest BCUT2D eigenvalue weighted by molar-refractivity contribution is 9.10. The molecule has 0 N–H and O–H groups in total. The fourth-order valence-corrected chi connectivity index (χ4v) is 3.07. The lowest BCUT2D eigenvalue weighted by Gasteiger charge is -2.13. The van der Waals surface area contributed by atoms with Crippen molar-refractivity contribution in [2.45, 2.75) is 44.9 Å². The zero-order valence-electron chi connectivity index (χ0n) is 10.6. The van der Waals surface area contributed by atoms with Gasteiger partial charge in [0.25, 0.3) is 0 Å². The van der Waals surface area contributed by atoms with E-state index in [1.807, 2.05) is 6.92 Å². The van der Waals surface area contributed by atoms with Crippen molar-refractivity contribution < 1.29 is 4.74 Å². The maximum Gasteiger partial charge on any atom is 0.147 e. The minimum atomic E-state index is 0.526. The highest BCUT2D eigenvalue weighted by Crippen LogP contribution is 2.38. The Balaban J connectivity index is 2.16. The van der Waals surface area contributed by atoms with Gasteiger partial charge in [-0.05, 0) is 35.7 Å². The molecule has 0 aliphatic heterocycles. The second-order valence-electron chi connectivity index (χ2n) is 4.56. The van der Waals surface area contributed by atoms with Gasteiger partial charge in [-0.3, -0.25) is 0 Å². The maximum atomic E-state index is 6.17. The molecule has 1 aliphatic rings. The Morgan fingerprint density at radius 2 is 2.06 bits per heavy atom. The summed E-state index contributed by atoms with van der Waals surface area (Å²) < 4.78 is 6.21. The van der Waals surface area contributed by atoms with Crippen LogP contribution in [0.25, 0.3) is 0 Å². The quantitative estimate of drug-likeness (QED) is 0.600. The van der Waals surface area contributed by atoms with Crippen molar-refractivity contribution >= 4 is 27.5 Å². The molecular weight excluding hydrogens is 316 g/mol. The normalized spacial score (nSPS) is 16.4. The smallest absolute Gasteiger partial charge is 0.147 e. The summed E-state index contributed by atoms with van der Waals surface area (Å²) in [5.41, 5.74) is 1.08. The summed E-state index contributed by atoms with van der Waals surface area (Å²) in [5.74, 6) is 1.32. The van der Waals surface area contributed by atoms with Crippen LogP contribution in [0.15, 0.2) is 4.47 Å². The van der Waals surface area contributed by atoms with Gasteiger partial charge in [0.05, 0.1) is 16.8 Å². The molecule has 0 aromatic carbocycles. The molecule has 1 saturated carbocycles. The van der Waals surface area contributed by atoms with Gasteiger partial charge >= 0.3 is 0 Å². The molecule has 0 saturated heterocycles. The average molecular weight is 334 g/mol. The summed E-state index contributed by atoms with van der Waals surface area (Å²) in [4.78, 5) is 8.97. The van der Waals surface area contributed by atoms with E-state index >= 15 is 0 Å². The zero-order chi connectivity index (χ0) is 13.0. The van der Waals surface area contributed by atoms with Gasteiger partial charge in [0.1, 0.15) is 11.0 Å². The van der Waals surface area contributed by atoms with Crippen molar-refractivity contribution in [3.63, 3.8) is 0 Å². The summed E-state index contributed by atoms with van der Waals surface area (Å²) in [7, 11) is 0. The van der Waals surface area contributed by atoms with E-state index < -0.39 is 0 Å². The van der Waals surface area contributed by atoms with E-state index in [9.17, 15) is 0 Å². The molecule has 100 valence electrons. The summed E-state index contributed by atoms with van der Waals surface area (Å²) in [6.07, 6.45) is 5.70. The molecule has 0 spiro atoms. The molecule has 1 aromatic heterocycles. The predicted molar refractivity (Wildman–Crippen MR) is 76.1 cm³/mol. The van der Waals surface area contributed by atoms with Crippen LogP contribution < -0.4 is 0 Å². The summed E-state index contributed by atoms with van der Waals surface area (Å²) in [5, 5.41) is 0.526. The summed E-state index contributed by atoms with van der Waals surface area (Å²) >= 11 is 9.69. The van der Waals surface area contributed by atoms with Crippen LogP contribution in [0.2, 0.25) is 5.15 Å². The molecule has 1 aromatic rings. The van der Waals surface area contributed by atoms with E-state index in [2.05, 4.69) is 25.9 Å². The number of nitrogens with zero attached hydrogens (tertiary/aromatic N) is 2. The maximum absolute atomic E-state index is 6.17. The van der Waals surface area contributed by atoms with Crippen LogP contribution in [-0.4, -0.2) is 23.2 Å². The molecule has 5 heteroatoms. The Labute approximate surface area is 121 Å². The number of ether oxygens (including phenoxy) is 1. The van der Waals surface area contributed by atoms with Crippen LogP contribution in [0.4, 0.5) is 0 Å². The van der Waals surface area contributed by atoms with E-state index in [1.165, 1.54) is 25.7 Å². The van der Waals surface area contributed by atoms with Gasteiger partial charge in [-0.2, -0.15) is 0 Å². The standard InChI is InChI=1S/C13H18BrClN2O/c1-2-18-8-7-10-16-12(9-5-3-4-6-9)11(14)13(15)17-10/h9H,2-8H2,1H3. The minimum Gasteiger partial charge on any atom is -0.381 e. The van der Waals surface area contributed by atoms with Crippen LogP contribution in [0.1, 0.15) is 50.0 Å². The third-order valence-electron chi connectivity index (χ3n) is 3.30. The Morgan fingerprint density at radius 3 is 2.72 bits per heavy atom. The Hall–Kier alpha value is -0.190. The van der Waals surface area contributed by atoms with E-state index in [4.69, 9.17) is 16.3 Å². The SMILES string of the molecule is CCOCCc1nc(Cl)c(Br)c(C2CCCC2)n1. The van der Waals surface area contributed by atoms with Crippen LogP contribution >= 0.6 is 27.5 Å². The molecule has 0 amide bonds. The van der Waals surface area contributed by atoms with Crippen molar-refractivity contribution in [3.8, 4) is 0 Å². The zero-order valence-corrected chi connectivity index (χ0v) is 12.9. The van der Waals surface area contributed by atoms with Crippen molar-refractivity contribution in [2.75, 3.05) is 13.2 Å². The first-order valence-corrected chi connectivity index (χ1v) is 7.69. The molecule has 0 atom stereocenters. The molecule has 3 nitrogen and oxygen atoms in total. The first-order chi connectivity index (χ1) is 8.72. The number of aromatic nitrogens is 2. The van der Waals surface area contributed by atoms with E-state index in [-0.39, 0.29) is 0 Å². The Morgan fingerprint density at radius 1 is 1.33 bits per heavy atom. The fourth-order valence-electron chi connectivity index (χ4n) is 2.37. The van der Waals surface area contributed by atoms with Gasteiger partial charge in [0.2, 0.25) is 0 Å². The first kappa shape index (κ1) is 14.2. The molecular formula is C13H18BrClN2O. The first-order valence-electron chi connectivity index (χ1n) is 6.52. The molecule has 1 heterocycles. The molecule has 0 radical (unpaired) electrons. The van der Waals surface area contributed by atoms with Gasteiger partial charge in [-0.15, -0.1) is 0 Å². The summed E-state index contributed by atoms with van der Waals surface area (Å²) in [6, 6.07) is 0. The monoisotopic (exact) mass is 332 g/mol. The third kappa shape index (κ3) is 3.43. The third-order valence-corrected chi connectivity index (χ3v) is 4.58. The van der Waals surface area contributed by atoms with Gasteiger partial charge in [-0.1, -0.05) is 24.4 Å². The van der Waals surface area contributed by atoms with Crippen LogP contribution in [0, 0.1) is 0 Å². The number of halogens is 2. The molecule has 0 unspecified atom stereocenters. The van der Waals surface area contributed by atoms with E-state index in [0.717, 1.165) is 29.0 Å². The van der Waals surface area contributed by atoms with Gasteiger partial charge in [0, 0.05) is 18.9 Å². The Bertz CT molecular complexity index is 408. The number of hydrogen-bond acceptors (Lipinski definition) is 3. The number of hydrogen-bond donors (Lipinski definition) is 0. The van der Waals surface area contributed by atoms with Gasteiger partial charge in [0.15, 0.2) is 0 Å². The van der Waals surface area contributed by atoms with Crippen LogP contribution in [0.5, 0.6) is 0 Å². The van der Waals surface area contributed by atoms with E-state index in [0.29, 0.717) is 17.7 Å². The molecule has 2 rings (SSSR count). The van der Waals surface area contributed by atoms with Crippen molar-refractivity contribution in [1.29, 1.82) is 0 Å². The lowest BCUT2D eigenvalue weighted by Crippen LogP contribution is -2.08. The second-order valence-corrected chi connectivity index (χ2v) is 5.71. The highest BCUT2D eigenvalue weighted by Gasteiger charge is 2.23. The second kappa shape index (κ2) is 6.83. The number of rotatable bonds is 5. The largest absolute Gasteiger partial charge is 0.381 e. The van der Waals surface area contributed by atoms with Gasteiger partial charge < -0.3 is 4.74 Å². The molecule has 0 bridgehead atoms. The molecule has 18 heavy (non-hydrogen) atoms.